The molecule has 2 unspecified atom stereocenters. The first kappa shape index (κ1) is 35.1. The average molecular weight is 641 g/mol. The van der Waals surface area contributed by atoms with Crippen LogP contribution in [0.1, 0.15) is 38.7 Å². The summed E-state index contributed by atoms with van der Waals surface area (Å²) in [6.45, 7) is 3.80. The van der Waals surface area contributed by atoms with Crippen molar-refractivity contribution >= 4 is 55.1 Å². The minimum atomic E-state index is -3.44. The monoisotopic (exact) mass is 640 g/mol. The van der Waals surface area contributed by atoms with Gasteiger partial charge < -0.3 is 15.7 Å². The normalized spacial score (nSPS) is 13.6. The number of hydrogen-bond acceptors (Lipinski definition) is 9. The number of benzene rings is 2. The van der Waals surface area contributed by atoms with Gasteiger partial charge in [0, 0.05) is 19.0 Å². The molecule has 12 nitrogen and oxygen atoms in total. The SMILES string of the molecule is CC(C)CC(NC(=O)C(CCCNS(C)(=O)=O)SSc1ccccc1[N+](=O)[O-])C(=O)N[C@@H](Cc1ccccc1)C(=O)O. The largest absolute Gasteiger partial charge is 0.480 e. The zero-order valence-corrected chi connectivity index (χ0v) is 26.0. The summed E-state index contributed by atoms with van der Waals surface area (Å²) < 4.78 is 25.3. The molecule has 4 N–H and O–H groups in total. The molecule has 230 valence electrons. The van der Waals surface area contributed by atoms with Crippen molar-refractivity contribution in [2.75, 3.05) is 12.8 Å². The number of para-hydroxylation sites is 1. The van der Waals surface area contributed by atoms with Crippen molar-refractivity contribution in [3.05, 3.63) is 70.3 Å². The number of nitro groups is 1. The van der Waals surface area contributed by atoms with Gasteiger partial charge >= 0.3 is 5.97 Å². The first-order valence-electron chi connectivity index (χ1n) is 13.2. The highest BCUT2D eigenvalue weighted by Gasteiger charge is 2.30. The molecule has 0 bridgehead atoms. The van der Waals surface area contributed by atoms with E-state index in [0.29, 0.717) is 4.90 Å². The number of carboxylic acids is 1. The predicted molar refractivity (Wildman–Crippen MR) is 164 cm³/mol. The Balaban J connectivity index is 2.20. The number of aliphatic carboxylic acids is 1. The molecule has 2 aromatic carbocycles. The summed E-state index contributed by atoms with van der Waals surface area (Å²) in [6, 6.07) is 12.7. The number of nitrogens with zero attached hydrogens (tertiary/aromatic N) is 1. The number of hydrogen-bond donors (Lipinski definition) is 4. The maximum atomic E-state index is 13.5. The molecule has 0 spiro atoms. The molecule has 0 saturated carbocycles. The summed E-state index contributed by atoms with van der Waals surface area (Å²) >= 11 is 0. The molecule has 0 radical (unpaired) electrons. The van der Waals surface area contributed by atoms with Gasteiger partial charge in [-0.25, -0.2) is 17.9 Å². The Bertz CT molecular complexity index is 1330. The number of carboxylic acid groups (broad SMARTS) is 1. The van der Waals surface area contributed by atoms with Gasteiger partial charge in [-0.05, 0) is 47.6 Å². The maximum absolute atomic E-state index is 13.5. The molecule has 0 saturated heterocycles. The van der Waals surface area contributed by atoms with Crippen LogP contribution < -0.4 is 15.4 Å². The highest BCUT2D eigenvalue weighted by atomic mass is 33.1. The van der Waals surface area contributed by atoms with Gasteiger partial charge in [0.25, 0.3) is 5.69 Å². The van der Waals surface area contributed by atoms with Crippen LogP contribution in [0.25, 0.3) is 0 Å². The molecular formula is C27H36N4O8S3. The van der Waals surface area contributed by atoms with Gasteiger partial charge in [-0.3, -0.25) is 19.7 Å². The Labute approximate surface area is 253 Å². The van der Waals surface area contributed by atoms with Crippen molar-refractivity contribution < 1.29 is 32.8 Å². The summed E-state index contributed by atoms with van der Waals surface area (Å²) in [5.74, 6) is -2.41. The van der Waals surface area contributed by atoms with Crippen molar-refractivity contribution in [2.24, 2.45) is 5.92 Å². The molecule has 2 aromatic rings. The third-order valence-corrected chi connectivity index (χ3v) is 9.41. The van der Waals surface area contributed by atoms with Crippen molar-refractivity contribution in [1.82, 2.24) is 15.4 Å². The van der Waals surface area contributed by atoms with E-state index in [9.17, 15) is 38.0 Å². The number of nitrogens with one attached hydrogen (secondary N) is 3. The van der Waals surface area contributed by atoms with E-state index >= 15 is 0 Å². The number of sulfonamides is 1. The summed E-state index contributed by atoms with van der Waals surface area (Å²) in [4.78, 5) is 49.9. The standard InChI is InChI=1S/C27H36N4O8S3/c1-18(2)16-20(25(32)30-21(27(34)35)17-19-10-5-4-6-11-19)29-26(33)24(14-9-15-28-42(3,38)39)41-40-23-13-8-7-12-22(23)31(36)37/h4-8,10-13,18,20-21,24,28H,9,14-17H2,1-3H3,(H,29,33)(H,30,32)(H,34,35)/t20?,21-,24?/m0/s1. The molecule has 15 heteroatoms. The van der Waals surface area contributed by atoms with Crippen LogP contribution in [-0.2, 0) is 30.8 Å². The van der Waals surface area contributed by atoms with Crippen LogP contribution in [0.15, 0.2) is 59.5 Å². The van der Waals surface area contributed by atoms with Gasteiger partial charge in [0.05, 0.1) is 21.3 Å². The minimum absolute atomic E-state index is 0.0233. The number of carbonyl (C=O) groups excluding carboxylic acids is 2. The lowest BCUT2D eigenvalue weighted by molar-refractivity contribution is -0.387. The Morgan fingerprint density at radius 1 is 0.976 bits per heavy atom. The van der Waals surface area contributed by atoms with E-state index in [-0.39, 0.29) is 43.8 Å². The average Bonchev–Trinajstić information content (AvgIpc) is 2.91. The lowest BCUT2D eigenvalue weighted by Gasteiger charge is -2.25. The van der Waals surface area contributed by atoms with E-state index in [2.05, 4.69) is 15.4 Å². The maximum Gasteiger partial charge on any atom is 0.326 e. The van der Waals surface area contributed by atoms with Crippen molar-refractivity contribution in [3.63, 3.8) is 0 Å². The number of rotatable bonds is 18. The second-order valence-electron chi connectivity index (χ2n) is 9.98. The van der Waals surface area contributed by atoms with Crippen LogP contribution in [0.5, 0.6) is 0 Å². The predicted octanol–water partition coefficient (Wildman–Crippen LogP) is 3.38. The molecule has 0 fully saturated rings. The fourth-order valence-corrected chi connectivity index (χ4v) is 6.99. The van der Waals surface area contributed by atoms with Gasteiger partial charge in [0.2, 0.25) is 21.8 Å². The molecular weight excluding hydrogens is 605 g/mol. The topological polar surface area (TPSA) is 185 Å². The second kappa shape index (κ2) is 17.1. The zero-order chi connectivity index (χ0) is 31.3. The Hall–Kier alpha value is -3.14. The molecule has 0 aromatic heterocycles. The van der Waals surface area contributed by atoms with E-state index < -0.39 is 50.1 Å². The minimum Gasteiger partial charge on any atom is -0.480 e. The molecule has 0 heterocycles. The van der Waals surface area contributed by atoms with E-state index in [4.69, 9.17) is 0 Å². The molecule has 0 aliphatic rings. The van der Waals surface area contributed by atoms with E-state index in [1.807, 2.05) is 13.8 Å². The molecule has 2 amide bonds. The van der Waals surface area contributed by atoms with E-state index in [1.165, 1.54) is 12.1 Å². The number of carbonyl (C=O) groups is 3. The summed E-state index contributed by atoms with van der Waals surface area (Å²) in [6.07, 6.45) is 1.80. The third kappa shape index (κ3) is 12.8. The summed E-state index contributed by atoms with van der Waals surface area (Å²) in [7, 11) is -1.34. The van der Waals surface area contributed by atoms with Crippen LogP contribution in [0.2, 0.25) is 0 Å². The second-order valence-corrected chi connectivity index (χ2v) is 14.3. The van der Waals surface area contributed by atoms with Crippen LogP contribution in [-0.4, -0.2) is 66.4 Å². The molecule has 42 heavy (non-hydrogen) atoms. The van der Waals surface area contributed by atoms with Crippen molar-refractivity contribution in [3.8, 4) is 0 Å². The number of amides is 2. The first-order chi connectivity index (χ1) is 19.8. The van der Waals surface area contributed by atoms with Gasteiger partial charge in [0.15, 0.2) is 0 Å². The van der Waals surface area contributed by atoms with Crippen LogP contribution in [0.4, 0.5) is 5.69 Å². The van der Waals surface area contributed by atoms with Crippen LogP contribution >= 0.6 is 21.6 Å². The summed E-state index contributed by atoms with van der Waals surface area (Å²) in [5.41, 5.74) is 0.601. The third-order valence-electron chi connectivity index (χ3n) is 5.85. The summed E-state index contributed by atoms with van der Waals surface area (Å²) in [5, 5.41) is 25.6. The first-order valence-corrected chi connectivity index (χ1v) is 17.3. The lowest BCUT2D eigenvalue weighted by Crippen LogP contribution is -2.53. The fourth-order valence-electron chi connectivity index (χ4n) is 3.85. The lowest BCUT2D eigenvalue weighted by atomic mass is 10.0. The quantitative estimate of drug-likeness (QED) is 0.0815. The smallest absolute Gasteiger partial charge is 0.326 e. The Kier molecular flexibility index (Phi) is 14.3. The zero-order valence-electron chi connectivity index (χ0n) is 23.5. The van der Waals surface area contributed by atoms with Gasteiger partial charge in [0.1, 0.15) is 12.1 Å². The Morgan fingerprint density at radius 2 is 1.60 bits per heavy atom. The molecule has 2 rings (SSSR count). The number of nitro benzene ring substituents is 1. The highest BCUT2D eigenvalue weighted by molar-refractivity contribution is 8.77. The van der Waals surface area contributed by atoms with E-state index in [1.54, 1.807) is 42.5 Å². The molecule has 3 atom stereocenters. The van der Waals surface area contributed by atoms with Crippen molar-refractivity contribution in [1.29, 1.82) is 0 Å². The molecule has 0 aliphatic carbocycles. The van der Waals surface area contributed by atoms with Crippen LogP contribution in [0.3, 0.4) is 0 Å². The van der Waals surface area contributed by atoms with E-state index in [0.717, 1.165) is 33.4 Å². The fraction of sp³-hybridized carbons (Fsp3) is 0.444. The van der Waals surface area contributed by atoms with Gasteiger partial charge in [-0.15, -0.1) is 0 Å². The van der Waals surface area contributed by atoms with Gasteiger partial charge in [-0.2, -0.15) is 0 Å². The Morgan fingerprint density at radius 3 is 2.19 bits per heavy atom. The van der Waals surface area contributed by atoms with Crippen molar-refractivity contribution in [2.45, 2.75) is 61.8 Å². The van der Waals surface area contributed by atoms with Crippen LogP contribution in [0, 0.1) is 16.0 Å². The van der Waals surface area contributed by atoms with Gasteiger partial charge in [-0.1, -0.05) is 67.1 Å². The molecule has 0 aliphatic heterocycles. The highest BCUT2D eigenvalue weighted by Crippen LogP contribution is 2.40.